The summed E-state index contributed by atoms with van der Waals surface area (Å²) in [5.41, 5.74) is 3.42. The molecule has 1 saturated carbocycles. The van der Waals surface area contributed by atoms with E-state index in [2.05, 4.69) is 50.7 Å². The average Bonchev–Trinajstić information content (AvgIpc) is 3.27. The molecule has 0 spiro atoms. The van der Waals surface area contributed by atoms with Gasteiger partial charge in [-0.15, -0.1) is 0 Å². The van der Waals surface area contributed by atoms with Gasteiger partial charge in [-0.2, -0.15) is 4.98 Å². The highest BCUT2D eigenvalue weighted by molar-refractivity contribution is 7.89. The molecule has 2 aromatic heterocycles. The van der Waals surface area contributed by atoms with Gasteiger partial charge in [-0.05, 0) is 44.1 Å². The van der Waals surface area contributed by atoms with Crippen molar-refractivity contribution in [2.45, 2.75) is 64.6 Å². The summed E-state index contributed by atoms with van der Waals surface area (Å²) in [6.07, 6.45) is 6.49. The fraction of sp³-hybridized carbons (Fsp3) is 0.517. The van der Waals surface area contributed by atoms with Gasteiger partial charge in [0.2, 0.25) is 21.8 Å². The van der Waals surface area contributed by atoms with E-state index in [9.17, 15) is 13.2 Å². The molecular formula is C29H35N7O4S. The molecule has 1 fully saturated rings. The number of amides is 1. The lowest BCUT2D eigenvalue weighted by atomic mass is 9.80. The molecule has 0 unspecified atom stereocenters. The Kier molecular flexibility index (Phi) is 6.22. The minimum absolute atomic E-state index is 0.0788. The zero-order valence-corrected chi connectivity index (χ0v) is 24.3. The van der Waals surface area contributed by atoms with E-state index in [4.69, 9.17) is 9.72 Å². The number of sulfonamides is 1. The smallest absolute Gasteiger partial charge is 0.302 e. The maximum atomic E-state index is 12.9. The highest BCUT2D eigenvalue weighted by atomic mass is 32.2. The highest BCUT2D eigenvalue weighted by Crippen LogP contribution is 2.50. The first-order chi connectivity index (χ1) is 19.7. The van der Waals surface area contributed by atoms with Gasteiger partial charge in [-0.25, -0.2) is 23.1 Å². The van der Waals surface area contributed by atoms with E-state index < -0.39 is 15.9 Å². The van der Waals surface area contributed by atoms with Crippen molar-refractivity contribution in [1.29, 1.82) is 0 Å². The molecule has 0 saturated heterocycles. The monoisotopic (exact) mass is 577 g/mol. The topological polar surface area (TPSA) is 131 Å². The number of aromatic nitrogens is 4. The number of benzene rings is 1. The SMILES string of the molecule is C[C@@H]1CC[C@H]2Cn3c(nc4nc(C(=O)NS(C)(=O)=O)nc(N[C@H](C)C5CCC5)c43)N3C2=C1OC[C@H]3c1ccccc1. The summed E-state index contributed by atoms with van der Waals surface area (Å²) in [7, 11) is -3.79. The van der Waals surface area contributed by atoms with Crippen LogP contribution >= 0.6 is 0 Å². The van der Waals surface area contributed by atoms with E-state index in [0.717, 1.165) is 54.7 Å². The third-order valence-corrected chi connectivity index (χ3v) is 9.65. The summed E-state index contributed by atoms with van der Waals surface area (Å²) in [6, 6.07) is 10.4. The van der Waals surface area contributed by atoms with Crippen molar-refractivity contribution >= 4 is 38.9 Å². The third-order valence-electron chi connectivity index (χ3n) is 9.09. The van der Waals surface area contributed by atoms with Gasteiger partial charge in [0.25, 0.3) is 0 Å². The summed E-state index contributed by atoms with van der Waals surface area (Å²) in [5, 5.41) is 3.56. The summed E-state index contributed by atoms with van der Waals surface area (Å²) >= 11 is 0. The van der Waals surface area contributed by atoms with Gasteiger partial charge in [-0.3, -0.25) is 4.79 Å². The number of rotatable bonds is 6. The number of hydrogen-bond donors (Lipinski definition) is 2. The molecular weight excluding hydrogens is 542 g/mol. The second kappa shape index (κ2) is 9.71. The van der Waals surface area contributed by atoms with Crippen LogP contribution in [0, 0.1) is 17.8 Å². The van der Waals surface area contributed by atoms with Crippen LogP contribution in [0.4, 0.5) is 11.8 Å². The highest BCUT2D eigenvalue weighted by Gasteiger charge is 2.46. The Morgan fingerprint density at radius 1 is 1.10 bits per heavy atom. The molecule has 0 radical (unpaired) electrons. The minimum Gasteiger partial charge on any atom is -0.493 e. The molecule has 4 atom stereocenters. The molecule has 7 rings (SSSR count). The molecule has 12 heteroatoms. The van der Waals surface area contributed by atoms with Crippen LogP contribution in [0.25, 0.3) is 11.2 Å². The molecule has 2 aliphatic carbocycles. The lowest BCUT2D eigenvalue weighted by molar-refractivity contribution is 0.0972. The molecule has 1 aromatic carbocycles. The molecule has 216 valence electrons. The third kappa shape index (κ3) is 4.52. The maximum absolute atomic E-state index is 12.9. The molecule has 3 aromatic rings. The fourth-order valence-corrected chi connectivity index (χ4v) is 7.18. The van der Waals surface area contributed by atoms with Crippen LogP contribution in [0.1, 0.15) is 68.2 Å². The van der Waals surface area contributed by atoms with E-state index in [1.807, 2.05) is 22.9 Å². The second-order valence-electron chi connectivity index (χ2n) is 12.0. The first-order valence-electron chi connectivity index (χ1n) is 14.5. The van der Waals surface area contributed by atoms with Crippen LogP contribution in [-0.2, 0) is 21.3 Å². The zero-order valence-electron chi connectivity index (χ0n) is 23.5. The van der Waals surface area contributed by atoms with Crippen molar-refractivity contribution in [1.82, 2.24) is 24.2 Å². The van der Waals surface area contributed by atoms with Crippen LogP contribution < -0.4 is 14.9 Å². The molecule has 1 amide bonds. The van der Waals surface area contributed by atoms with E-state index in [-0.39, 0.29) is 23.8 Å². The Bertz CT molecular complexity index is 1670. The van der Waals surface area contributed by atoms with Gasteiger partial charge < -0.3 is 19.5 Å². The summed E-state index contributed by atoms with van der Waals surface area (Å²) in [5.74, 6) is 2.26. The van der Waals surface area contributed by atoms with Crippen molar-refractivity contribution in [3.63, 3.8) is 0 Å². The van der Waals surface area contributed by atoms with Crippen molar-refractivity contribution < 1.29 is 17.9 Å². The Labute approximate surface area is 239 Å². The van der Waals surface area contributed by atoms with Crippen LogP contribution in [0.15, 0.2) is 41.8 Å². The molecule has 11 nitrogen and oxygen atoms in total. The normalized spacial score (nSPS) is 24.7. The second-order valence-corrected chi connectivity index (χ2v) is 13.7. The van der Waals surface area contributed by atoms with E-state index in [1.54, 1.807) is 0 Å². The largest absolute Gasteiger partial charge is 0.493 e. The maximum Gasteiger partial charge on any atom is 0.302 e. The number of hydrogen-bond acceptors (Lipinski definition) is 9. The van der Waals surface area contributed by atoms with Crippen molar-refractivity contribution in [2.75, 3.05) is 23.1 Å². The molecule has 41 heavy (non-hydrogen) atoms. The first kappa shape index (κ1) is 26.2. The molecule has 4 heterocycles. The Balaban J connectivity index is 1.42. The van der Waals surface area contributed by atoms with Gasteiger partial charge in [-0.1, -0.05) is 43.7 Å². The van der Waals surface area contributed by atoms with Gasteiger partial charge in [0, 0.05) is 24.4 Å². The van der Waals surface area contributed by atoms with Crippen molar-refractivity contribution in [3.05, 3.63) is 53.2 Å². The lowest BCUT2D eigenvalue weighted by Gasteiger charge is -2.48. The standard InChI is InChI=1S/C29H35N7O4S/c1-16-12-13-20-14-35-23-25(30-17(2)18-10-7-11-18)31-27(28(37)34-41(3,38)39)32-26(23)33-29(35)36-21(15-40-24(16)22(20)36)19-8-5-4-6-9-19/h4-6,8-9,16-18,20-21H,7,10-15H2,1-3H3,(H,34,37)(H,30,31,32)/t16-,17-,20+,21+/m1/s1. The van der Waals surface area contributed by atoms with Gasteiger partial charge >= 0.3 is 5.91 Å². The summed E-state index contributed by atoms with van der Waals surface area (Å²) < 4.78 is 34.4. The summed E-state index contributed by atoms with van der Waals surface area (Å²) in [4.78, 5) is 29.4. The van der Waals surface area contributed by atoms with Crippen LogP contribution in [0.2, 0.25) is 0 Å². The quantitative estimate of drug-likeness (QED) is 0.447. The number of nitrogens with one attached hydrogen (secondary N) is 2. The summed E-state index contributed by atoms with van der Waals surface area (Å²) in [6.45, 7) is 5.55. The Hall–Kier alpha value is -3.67. The number of nitrogens with zero attached hydrogens (tertiary/aromatic N) is 5. The van der Waals surface area contributed by atoms with E-state index in [0.29, 0.717) is 36.5 Å². The van der Waals surface area contributed by atoms with E-state index in [1.165, 1.54) is 12.1 Å². The van der Waals surface area contributed by atoms with Gasteiger partial charge in [0.05, 0.1) is 18.0 Å². The zero-order chi connectivity index (χ0) is 28.5. The number of imidazole rings is 1. The van der Waals surface area contributed by atoms with Crippen LogP contribution in [-0.4, -0.2) is 52.7 Å². The van der Waals surface area contributed by atoms with Gasteiger partial charge in [0.1, 0.15) is 17.9 Å². The van der Waals surface area contributed by atoms with Crippen LogP contribution in [0.5, 0.6) is 0 Å². The molecule has 4 aliphatic rings. The van der Waals surface area contributed by atoms with Crippen LogP contribution in [0.3, 0.4) is 0 Å². The Morgan fingerprint density at radius 2 is 1.88 bits per heavy atom. The molecule has 0 bridgehead atoms. The van der Waals surface area contributed by atoms with Crippen molar-refractivity contribution in [3.8, 4) is 0 Å². The number of fused-ring (bicyclic) bond motifs is 4. The number of allylic oxidation sites excluding steroid dienone is 2. The Morgan fingerprint density at radius 3 is 2.59 bits per heavy atom. The lowest BCUT2D eigenvalue weighted by Crippen LogP contribution is -2.46. The first-order valence-corrected chi connectivity index (χ1v) is 16.3. The number of anilines is 2. The molecule has 2 N–H and O–H groups in total. The average molecular weight is 578 g/mol. The number of carbonyl (C=O) groups is 1. The molecule has 2 aliphatic heterocycles. The minimum atomic E-state index is -3.79. The van der Waals surface area contributed by atoms with Crippen molar-refractivity contribution in [2.24, 2.45) is 17.8 Å². The van der Waals surface area contributed by atoms with E-state index >= 15 is 0 Å². The number of carbonyl (C=O) groups excluding carboxylic acids is 1. The fourth-order valence-electron chi connectivity index (χ4n) is 6.75. The predicted octanol–water partition coefficient (Wildman–Crippen LogP) is 3.97. The number of ether oxygens (including phenoxy) is 1. The van der Waals surface area contributed by atoms with Gasteiger partial charge in [0.15, 0.2) is 11.5 Å². The predicted molar refractivity (Wildman–Crippen MR) is 155 cm³/mol.